The van der Waals surface area contributed by atoms with Gasteiger partial charge in [0, 0.05) is 5.92 Å². The van der Waals surface area contributed by atoms with Crippen molar-refractivity contribution in [1.29, 1.82) is 0 Å². The summed E-state index contributed by atoms with van der Waals surface area (Å²) >= 11 is 0. The highest BCUT2D eigenvalue weighted by Gasteiger charge is 2.63. The quantitative estimate of drug-likeness (QED) is 0.629. The van der Waals surface area contributed by atoms with Gasteiger partial charge in [-0.3, -0.25) is 4.79 Å². The molecule has 1 aromatic rings. The van der Waals surface area contributed by atoms with Gasteiger partial charge in [0.2, 0.25) is 0 Å². The van der Waals surface area contributed by atoms with Gasteiger partial charge in [0.25, 0.3) is 5.91 Å². The first-order chi connectivity index (χ1) is 8.75. The van der Waals surface area contributed by atoms with Crippen molar-refractivity contribution in [2.24, 2.45) is 27.8 Å². The van der Waals surface area contributed by atoms with E-state index in [-0.39, 0.29) is 11.5 Å². The van der Waals surface area contributed by atoms with Gasteiger partial charge in [-0.1, -0.05) is 13.8 Å². The molecule has 2 atom stereocenters. The van der Waals surface area contributed by atoms with Crippen molar-refractivity contribution < 1.29 is 13.6 Å². The Bertz CT molecular complexity index is 565. The molecule has 2 rings (SSSR count). The summed E-state index contributed by atoms with van der Waals surface area (Å²) in [6, 6.07) is 3.22. The van der Waals surface area contributed by atoms with Crippen LogP contribution >= 0.6 is 0 Å². The molecule has 6 heteroatoms. The molecule has 4 N–H and O–H groups in total. The van der Waals surface area contributed by atoms with Crippen LogP contribution in [-0.4, -0.2) is 11.9 Å². The molecule has 0 spiro atoms. The molecule has 0 saturated heterocycles. The van der Waals surface area contributed by atoms with Crippen LogP contribution in [0.4, 0.5) is 8.78 Å². The number of hydrogen-bond donors (Lipinski definition) is 2. The zero-order chi connectivity index (χ0) is 14.4. The average Bonchev–Trinajstić information content (AvgIpc) is 2.84. The molecule has 1 fully saturated rings. The van der Waals surface area contributed by atoms with Crippen LogP contribution in [-0.2, 0) is 4.79 Å². The molecule has 0 aliphatic heterocycles. The number of guanidine groups is 1. The second-order valence-corrected chi connectivity index (χ2v) is 5.32. The van der Waals surface area contributed by atoms with Gasteiger partial charge in [-0.2, -0.15) is 4.99 Å². The minimum absolute atomic E-state index is 0.189. The maximum Gasteiger partial charge on any atom is 0.253 e. The number of hydrogen-bond acceptors (Lipinski definition) is 1. The van der Waals surface area contributed by atoms with Crippen molar-refractivity contribution in [2.45, 2.75) is 19.8 Å². The van der Waals surface area contributed by atoms with Crippen LogP contribution in [0.3, 0.4) is 0 Å². The van der Waals surface area contributed by atoms with Crippen molar-refractivity contribution in [3.05, 3.63) is 35.4 Å². The monoisotopic (exact) mass is 267 g/mol. The lowest BCUT2D eigenvalue weighted by molar-refractivity contribution is -0.119. The standard InChI is InChI=1S/C13H15F2N3O/c1-13(2)9(10(13)11(19)18-12(16)17)7-5-6(14)3-4-8(7)15/h3-5,9-10H,1-2H3,(H4,16,17,18,19). The van der Waals surface area contributed by atoms with E-state index in [1.54, 1.807) is 13.8 Å². The molecule has 0 aromatic heterocycles. The highest BCUT2D eigenvalue weighted by atomic mass is 19.1. The summed E-state index contributed by atoms with van der Waals surface area (Å²) < 4.78 is 26.9. The smallest absolute Gasteiger partial charge is 0.253 e. The predicted molar refractivity (Wildman–Crippen MR) is 67.2 cm³/mol. The van der Waals surface area contributed by atoms with Gasteiger partial charge in [0.1, 0.15) is 11.6 Å². The van der Waals surface area contributed by atoms with Crippen LogP contribution in [0.5, 0.6) is 0 Å². The van der Waals surface area contributed by atoms with Gasteiger partial charge in [0.15, 0.2) is 5.96 Å². The molecule has 1 aliphatic carbocycles. The third-order valence-corrected chi connectivity index (χ3v) is 3.63. The van der Waals surface area contributed by atoms with Crippen LogP contribution in [0.1, 0.15) is 25.3 Å². The fourth-order valence-electron chi connectivity index (χ4n) is 2.63. The fraction of sp³-hybridized carbons (Fsp3) is 0.385. The lowest BCUT2D eigenvalue weighted by atomic mass is 10.0. The Labute approximate surface area is 109 Å². The highest BCUT2D eigenvalue weighted by molar-refractivity contribution is 5.95. The van der Waals surface area contributed by atoms with Crippen molar-refractivity contribution in [3.8, 4) is 0 Å². The normalized spacial score (nSPS) is 23.8. The van der Waals surface area contributed by atoms with E-state index in [2.05, 4.69) is 4.99 Å². The van der Waals surface area contributed by atoms with E-state index in [0.29, 0.717) is 0 Å². The Morgan fingerprint density at radius 2 is 1.95 bits per heavy atom. The van der Waals surface area contributed by atoms with Gasteiger partial charge in [-0.25, -0.2) is 8.78 Å². The Hall–Kier alpha value is -1.98. The zero-order valence-corrected chi connectivity index (χ0v) is 10.7. The third kappa shape index (κ3) is 2.30. The Balaban J connectivity index is 2.34. The summed E-state index contributed by atoms with van der Waals surface area (Å²) in [6.07, 6.45) is 0. The highest BCUT2D eigenvalue weighted by Crippen LogP contribution is 2.65. The van der Waals surface area contributed by atoms with Gasteiger partial charge >= 0.3 is 0 Å². The summed E-state index contributed by atoms with van der Waals surface area (Å²) in [7, 11) is 0. The largest absolute Gasteiger partial charge is 0.370 e. The minimum Gasteiger partial charge on any atom is -0.370 e. The predicted octanol–water partition coefficient (Wildman–Crippen LogP) is 1.50. The minimum atomic E-state index is -0.536. The molecule has 1 saturated carbocycles. The van der Waals surface area contributed by atoms with E-state index in [1.807, 2.05) is 0 Å². The number of carbonyl (C=O) groups excluding carboxylic acids is 1. The first-order valence-corrected chi connectivity index (χ1v) is 5.83. The lowest BCUT2D eigenvalue weighted by Crippen LogP contribution is -2.25. The summed E-state index contributed by atoms with van der Waals surface area (Å²) in [6.45, 7) is 3.60. The van der Waals surface area contributed by atoms with Crippen molar-refractivity contribution in [2.75, 3.05) is 0 Å². The van der Waals surface area contributed by atoms with E-state index in [4.69, 9.17) is 11.5 Å². The molecule has 0 heterocycles. The SMILES string of the molecule is CC1(C)C(C(=O)N=C(N)N)C1c1cc(F)ccc1F. The van der Waals surface area contributed by atoms with E-state index < -0.39 is 34.8 Å². The zero-order valence-electron chi connectivity index (χ0n) is 10.7. The topological polar surface area (TPSA) is 81.5 Å². The molecule has 1 aromatic carbocycles. The first-order valence-electron chi connectivity index (χ1n) is 5.83. The summed E-state index contributed by atoms with van der Waals surface area (Å²) in [5.74, 6) is -2.85. The van der Waals surface area contributed by atoms with Crippen LogP contribution in [0.25, 0.3) is 0 Å². The van der Waals surface area contributed by atoms with Gasteiger partial charge in [-0.15, -0.1) is 0 Å². The summed E-state index contributed by atoms with van der Waals surface area (Å²) in [5.41, 5.74) is 10.0. The van der Waals surface area contributed by atoms with Gasteiger partial charge < -0.3 is 11.5 Å². The number of aliphatic imine (C=N–C) groups is 1. The number of halogens is 2. The Morgan fingerprint density at radius 3 is 2.53 bits per heavy atom. The van der Waals surface area contributed by atoms with Gasteiger partial charge in [-0.05, 0) is 29.2 Å². The van der Waals surface area contributed by atoms with Crippen molar-refractivity contribution >= 4 is 11.9 Å². The number of amides is 1. The van der Waals surface area contributed by atoms with Crippen LogP contribution in [0.2, 0.25) is 0 Å². The van der Waals surface area contributed by atoms with Crippen molar-refractivity contribution in [1.82, 2.24) is 0 Å². The molecule has 4 nitrogen and oxygen atoms in total. The molecule has 1 amide bonds. The molecule has 102 valence electrons. The number of carbonyl (C=O) groups is 1. The van der Waals surface area contributed by atoms with Crippen molar-refractivity contribution in [3.63, 3.8) is 0 Å². The Kier molecular flexibility index (Phi) is 3.04. The number of rotatable bonds is 2. The number of nitrogens with zero attached hydrogens (tertiary/aromatic N) is 1. The lowest BCUT2D eigenvalue weighted by Gasteiger charge is -2.04. The number of nitrogens with two attached hydrogens (primary N) is 2. The van der Waals surface area contributed by atoms with Crippen LogP contribution in [0.15, 0.2) is 23.2 Å². The van der Waals surface area contributed by atoms with E-state index in [9.17, 15) is 13.6 Å². The third-order valence-electron chi connectivity index (χ3n) is 3.63. The van der Waals surface area contributed by atoms with E-state index >= 15 is 0 Å². The molecule has 2 unspecified atom stereocenters. The Morgan fingerprint density at radius 1 is 1.32 bits per heavy atom. The average molecular weight is 267 g/mol. The second kappa shape index (κ2) is 4.29. The first kappa shape index (κ1) is 13.5. The molecule has 0 radical (unpaired) electrons. The maximum absolute atomic E-state index is 13.7. The molecule has 0 bridgehead atoms. The summed E-state index contributed by atoms with van der Waals surface area (Å²) in [5, 5.41) is 0. The maximum atomic E-state index is 13.7. The second-order valence-electron chi connectivity index (χ2n) is 5.32. The van der Waals surface area contributed by atoms with E-state index in [1.165, 1.54) is 0 Å². The molecular formula is C13H15F2N3O. The molecular weight excluding hydrogens is 252 g/mol. The number of benzene rings is 1. The fourth-order valence-corrected chi connectivity index (χ4v) is 2.63. The van der Waals surface area contributed by atoms with Crippen LogP contribution in [0, 0.1) is 23.0 Å². The molecule has 1 aliphatic rings. The summed E-state index contributed by atoms with van der Waals surface area (Å²) in [4.78, 5) is 15.3. The van der Waals surface area contributed by atoms with Crippen LogP contribution < -0.4 is 11.5 Å². The molecule has 19 heavy (non-hydrogen) atoms. The van der Waals surface area contributed by atoms with Gasteiger partial charge in [0.05, 0.1) is 5.92 Å². The van der Waals surface area contributed by atoms with E-state index in [0.717, 1.165) is 18.2 Å².